The first kappa shape index (κ1) is 16.5. The summed E-state index contributed by atoms with van der Waals surface area (Å²) in [5, 5.41) is 12.3. The molecule has 1 saturated heterocycles. The molecule has 0 radical (unpaired) electrons. The van der Waals surface area contributed by atoms with Crippen molar-refractivity contribution in [2.75, 3.05) is 31.1 Å². The predicted molar refractivity (Wildman–Crippen MR) is 96.3 cm³/mol. The van der Waals surface area contributed by atoms with Gasteiger partial charge in [-0.2, -0.15) is 0 Å². The molecule has 4 N–H and O–H groups in total. The lowest BCUT2D eigenvalue weighted by molar-refractivity contribution is -0.138. The van der Waals surface area contributed by atoms with Gasteiger partial charge in [0.1, 0.15) is 6.04 Å². The zero-order chi connectivity index (χ0) is 16.9. The van der Waals surface area contributed by atoms with E-state index in [9.17, 15) is 4.79 Å². The van der Waals surface area contributed by atoms with Crippen molar-refractivity contribution in [3.05, 3.63) is 54.1 Å². The molecule has 1 heterocycles. The van der Waals surface area contributed by atoms with Crippen molar-refractivity contribution >= 4 is 11.7 Å². The highest BCUT2D eigenvalue weighted by atomic mass is 16.4. The summed E-state index contributed by atoms with van der Waals surface area (Å²) in [6.07, 6.45) is 0.335. The number of nitrogens with zero attached hydrogens (tertiary/aromatic N) is 1. The Morgan fingerprint density at radius 2 is 1.83 bits per heavy atom. The summed E-state index contributed by atoms with van der Waals surface area (Å²) in [4.78, 5) is 13.3. The first-order valence-corrected chi connectivity index (χ1v) is 8.27. The van der Waals surface area contributed by atoms with Crippen molar-refractivity contribution < 1.29 is 9.90 Å². The van der Waals surface area contributed by atoms with Crippen LogP contribution in [0.4, 0.5) is 5.69 Å². The fourth-order valence-electron chi connectivity index (χ4n) is 3.01. The van der Waals surface area contributed by atoms with E-state index in [2.05, 4.69) is 34.5 Å². The lowest BCUT2D eigenvalue weighted by atomic mass is 9.99. The number of hydrogen-bond acceptors (Lipinski definition) is 4. The molecule has 3 rings (SSSR count). The van der Waals surface area contributed by atoms with Crippen LogP contribution >= 0.6 is 0 Å². The highest BCUT2D eigenvalue weighted by Gasteiger charge is 2.13. The molecule has 5 nitrogen and oxygen atoms in total. The second-order valence-electron chi connectivity index (χ2n) is 6.13. The maximum Gasteiger partial charge on any atom is 0.320 e. The number of piperazine rings is 1. The second-order valence-corrected chi connectivity index (χ2v) is 6.13. The molecule has 1 aliphatic rings. The van der Waals surface area contributed by atoms with E-state index < -0.39 is 12.0 Å². The van der Waals surface area contributed by atoms with Crippen LogP contribution in [0.25, 0.3) is 11.1 Å². The van der Waals surface area contributed by atoms with Crippen molar-refractivity contribution in [2.45, 2.75) is 12.5 Å². The minimum atomic E-state index is -0.972. The van der Waals surface area contributed by atoms with Gasteiger partial charge < -0.3 is 21.1 Å². The number of anilines is 1. The molecule has 24 heavy (non-hydrogen) atoms. The van der Waals surface area contributed by atoms with Gasteiger partial charge in [-0.05, 0) is 35.2 Å². The summed E-state index contributed by atoms with van der Waals surface area (Å²) < 4.78 is 0. The van der Waals surface area contributed by atoms with Gasteiger partial charge in [0, 0.05) is 31.9 Å². The number of aliphatic carboxylic acids is 1. The summed E-state index contributed by atoms with van der Waals surface area (Å²) in [5.74, 6) is -0.972. The Kier molecular flexibility index (Phi) is 5.13. The normalized spacial score (nSPS) is 16.0. The third-order valence-corrected chi connectivity index (χ3v) is 4.38. The van der Waals surface area contributed by atoms with Crippen LogP contribution in [0.1, 0.15) is 5.56 Å². The van der Waals surface area contributed by atoms with E-state index >= 15 is 0 Å². The van der Waals surface area contributed by atoms with Crippen molar-refractivity contribution in [2.24, 2.45) is 5.73 Å². The van der Waals surface area contributed by atoms with Crippen LogP contribution in [0.3, 0.4) is 0 Å². The van der Waals surface area contributed by atoms with Gasteiger partial charge in [0.15, 0.2) is 0 Å². The van der Waals surface area contributed by atoms with Crippen molar-refractivity contribution in [3.63, 3.8) is 0 Å². The molecule has 2 aromatic rings. The first-order valence-electron chi connectivity index (χ1n) is 8.27. The fraction of sp³-hybridized carbons (Fsp3) is 0.316. The molecule has 1 fully saturated rings. The zero-order valence-corrected chi connectivity index (χ0v) is 13.6. The average molecular weight is 325 g/mol. The lowest BCUT2D eigenvalue weighted by Gasteiger charge is -2.29. The molecule has 0 unspecified atom stereocenters. The molecular weight excluding hydrogens is 302 g/mol. The highest BCUT2D eigenvalue weighted by Crippen LogP contribution is 2.24. The Morgan fingerprint density at radius 1 is 1.12 bits per heavy atom. The Balaban J connectivity index is 1.75. The monoisotopic (exact) mass is 325 g/mol. The van der Waals surface area contributed by atoms with Crippen molar-refractivity contribution in [1.82, 2.24) is 5.32 Å². The Labute approximate surface area is 142 Å². The van der Waals surface area contributed by atoms with E-state index in [1.54, 1.807) is 0 Å². The number of carboxylic acids is 1. The highest BCUT2D eigenvalue weighted by molar-refractivity contribution is 5.74. The van der Waals surface area contributed by atoms with E-state index in [0.717, 1.165) is 42.9 Å². The van der Waals surface area contributed by atoms with Gasteiger partial charge >= 0.3 is 5.97 Å². The van der Waals surface area contributed by atoms with Crippen LogP contribution in [0.2, 0.25) is 0 Å². The Bertz CT molecular complexity index is 694. The summed E-state index contributed by atoms with van der Waals surface area (Å²) in [6, 6.07) is 15.6. The lowest BCUT2D eigenvalue weighted by Crippen LogP contribution is -2.43. The average Bonchev–Trinajstić information content (AvgIpc) is 2.63. The zero-order valence-electron chi connectivity index (χ0n) is 13.6. The number of benzene rings is 2. The molecule has 1 aliphatic heterocycles. The molecule has 0 amide bonds. The molecule has 2 aromatic carbocycles. The van der Waals surface area contributed by atoms with Gasteiger partial charge in [-0.25, -0.2) is 0 Å². The van der Waals surface area contributed by atoms with E-state index in [-0.39, 0.29) is 0 Å². The Hall–Kier alpha value is -2.37. The summed E-state index contributed by atoms with van der Waals surface area (Å²) in [7, 11) is 0. The van der Waals surface area contributed by atoms with Crippen LogP contribution in [0, 0.1) is 0 Å². The summed E-state index contributed by atoms with van der Waals surface area (Å²) in [6.45, 7) is 4.10. The largest absolute Gasteiger partial charge is 0.480 e. The molecule has 0 spiro atoms. The van der Waals surface area contributed by atoms with Gasteiger partial charge in [-0.1, -0.05) is 36.4 Å². The molecule has 0 aliphatic carbocycles. The maximum atomic E-state index is 10.9. The topological polar surface area (TPSA) is 78.6 Å². The molecule has 0 bridgehead atoms. The van der Waals surface area contributed by atoms with E-state index in [1.807, 2.05) is 24.3 Å². The van der Waals surface area contributed by atoms with E-state index in [4.69, 9.17) is 10.8 Å². The molecule has 1 atom stereocenters. The van der Waals surface area contributed by atoms with Gasteiger partial charge in [0.2, 0.25) is 0 Å². The second kappa shape index (κ2) is 7.47. The van der Waals surface area contributed by atoms with E-state index in [1.165, 1.54) is 5.69 Å². The molecule has 126 valence electrons. The SMILES string of the molecule is N[C@@H](Cc1cccc(-c2ccc(N3CCNCC3)cc2)c1)C(=O)O. The van der Waals surface area contributed by atoms with Crippen LogP contribution in [0.15, 0.2) is 48.5 Å². The van der Waals surface area contributed by atoms with E-state index in [0.29, 0.717) is 6.42 Å². The quantitative estimate of drug-likeness (QED) is 0.780. The van der Waals surface area contributed by atoms with Crippen molar-refractivity contribution in [3.8, 4) is 11.1 Å². The molecular formula is C19H23N3O2. The van der Waals surface area contributed by atoms with Crippen molar-refractivity contribution in [1.29, 1.82) is 0 Å². The van der Waals surface area contributed by atoms with Crippen LogP contribution in [-0.4, -0.2) is 43.3 Å². The molecule has 0 aromatic heterocycles. The standard InChI is InChI=1S/C19H23N3O2/c20-18(19(23)24)13-14-2-1-3-16(12-14)15-4-6-17(7-5-15)22-10-8-21-9-11-22/h1-7,12,18,21H,8-11,13,20H2,(H,23,24)/t18-/m0/s1. The molecule has 5 heteroatoms. The van der Waals surface area contributed by atoms with Gasteiger partial charge in [-0.15, -0.1) is 0 Å². The Morgan fingerprint density at radius 3 is 2.50 bits per heavy atom. The maximum absolute atomic E-state index is 10.9. The number of nitrogens with one attached hydrogen (secondary N) is 1. The van der Waals surface area contributed by atoms with Crippen LogP contribution < -0.4 is 16.0 Å². The fourth-order valence-corrected chi connectivity index (χ4v) is 3.01. The van der Waals surface area contributed by atoms with Gasteiger partial charge in [-0.3, -0.25) is 4.79 Å². The third-order valence-electron chi connectivity index (χ3n) is 4.38. The first-order chi connectivity index (χ1) is 11.6. The minimum Gasteiger partial charge on any atom is -0.480 e. The number of carboxylic acid groups (broad SMARTS) is 1. The summed E-state index contributed by atoms with van der Waals surface area (Å²) in [5.41, 5.74) is 10.0. The third kappa shape index (κ3) is 3.93. The smallest absolute Gasteiger partial charge is 0.320 e. The minimum absolute atomic E-state index is 0.335. The predicted octanol–water partition coefficient (Wildman–Crippen LogP) is 1.72. The molecule has 0 saturated carbocycles. The number of carbonyl (C=O) groups is 1. The number of rotatable bonds is 5. The van der Waals surface area contributed by atoms with Gasteiger partial charge in [0.25, 0.3) is 0 Å². The van der Waals surface area contributed by atoms with Gasteiger partial charge in [0.05, 0.1) is 0 Å². The number of hydrogen-bond donors (Lipinski definition) is 3. The number of nitrogens with two attached hydrogens (primary N) is 1. The van der Waals surface area contributed by atoms with Crippen LogP contribution in [-0.2, 0) is 11.2 Å². The van der Waals surface area contributed by atoms with Crippen LogP contribution in [0.5, 0.6) is 0 Å². The summed E-state index contributed by atoms with van der Waals surface area (Å²) >= 11 is 0.